The van der Waals surface area contributed by atoms with Gasteiger partial charge in [0.05, 0.1) is 17.7 Å². The van der Waals surface area contributed by atoms with Crippen LogP contribution in [0, 0.1) is 5.82 Å². The zero-order chi connectivity index (χ0) is 31.8. The number of rotatable bonds is 9. The first-order chi connectivity index (χ1) is 20.8. The Morgan fingerprint density at radius 2 is 1.82 bits per heavy atom. The molecule has 2 heterocycles. The number of nitrogens with one attached hydrogen (secondary N) is 1. The van der Waals surface area contributed by atoms with Gasteiger partial charge in [-0.05, 0) is 24.3 Å². The van der Waals surface area contributed by atoms with Crippen LogP contribution in [0.1, 0.15) is 16.9 Å². The molecule has 1 fully saturated rings. The number of alkyl halides is 1. The van der Waals surface area contributed by atoms with E-state index in [1.807, 2.05) is 0 Å². The van der Waals surface area contributed by atoms with Crippen molar-refractivity contribution in [2.45, 2.75) is 25.2 Å². The number of aromatic nitrogens is 2. The fourth-order valence-electron chi connectivity index (χ4n) is 4.96. The third-order valence-electron chi connectivity index (χ3n) is 6.93. The molecule has 230 valence electrons. The van der Waals surface area contributed by atoms with E-state index in [-0.39, 0.29) is 40.0 Å². The van der Waals surface area contributed by atoms with E-state index in [0.717, 1.165) is 9.58 Å². The van der Waals surface area contributed by atoms with E-state index in [1.54, 1.807) is 24.3 Å². The molecule has 0 unspecified atom stereocenters. The number of hydrogen-bond acceptors (Lipinski definition) is 7. The van der Waals surface area contributed by atoms with Gasteiger partial charge < -0.3 is 20.7 Å². The second-order valence-electron chi connectivity index (χ2n) is 10.0. The van der Waals surface area contributed by atoms with Crippen LogP contribution in [0.2, 0.25) is 5.02 Å². The summed E-state index contributed by atoms with van der Waals surface area (Å²) in [6, 6.07) is 13.7. The van der Waals surface area contributed by atoms with Crippen molar-refractivity contribution in [1.29, 1.82) is 0 Å². The number of anilines is 1. The standard InChI is InChI=1S/C28H25ClF2N6O6S/c29-20-6-2-1-4-17(20)18-5-3-7-21(25(18)31)34-28(40)23-10-15(30)12-36(23)24(38)13-37-22-11-16(43-14-44(33,41)42)8-9-19(22)26(35-37)27(32)39/h1-9,11,15,23H,10,12-14H2,(H2,32,39)(H,34,40)(H2,33,41,42)/t15-,23+/m1/s1. The van der Waals surface area contributed by atoms with E-state index in [1.165, 1.54) is 36.4 Å². The molecule has 3 aromatic carbocycles. The molecule has 0 aliphatic carbocycles. The number of carbonyl (C=O) groups excluding carboxylic acids is 3. The lowest BCUT2D eigenvalue weighted by atomic mass is 10.0. The third kappa shape index (κ3) is 6.49. The van der Waals surface area contributed by atoms with Gasteiger partial charge in [0.25, 0.3) is 5.91 Å². The molecular formula is C28H25ClF2N6O6S. The lowest BCUT2D eigenvalue weighted by Gasteiger charge is -2.24. The molecule has 16 heteroatoms. The fourth-order valence-corrected chi connectivity index (χ4v) is 5.49. The van der Waals surface area contributed by atoms with Crippen LogP contribution in [-0.2, 0) is 26.2 Å². The van der Waals surface area contributed by atoms with Gasteiger partial charge in [-0.15, -0.1) is 0 Å². The first-order valence-corrected chi connectivity index (χ1v) is 15.1. The monoisotopic (exact) mass is 646 g/mol. The molecule has 0 spiro atoms. The van der Waals surface area contributed by atoms with Gasteiger partial charge >= 0.3 is 0 Å². The van der Waals surface area contributed by atoms with E-state index in [2.05, 4.69) is 10.4 Å². The van der Waals surface area contributed by atoms with Crippen LogP contribution >= 0.6 is 11.6 Å². The predicted molar refractivity (Wildman–Crippen MR) is 157 cm³/mol. The van der Waals surface area contributed by atoms with E-state index in [4.69, 9.17) is 27.2 Å². The Morgan fingerprint density at radius 3 is 2.52 bits per heavy atom. The number of primary sulfonamides is 1. The molecule has 12 nitrogen and oxygen atoms in total. The van der Waals surface area contributed by atoms with Gasteiger partial charge in [0.2, 0.25) is 27.8 Å². The van der Waals surface area contributed by atoms with Gasteiger partial charge in [-0.1, -0.05) is 41.9 Å². The summed E-state index contributed by atoms with van der Waals surface area (Å²) in [4.78, 5) is 39.7. The third-order valence-corrected chi connectivity index (χ3v) is 7.70. The number of ether oxygens (including phenoxy) is 1. The molecule has 0 saturated carbocycles. The minimum Gasteiger partial charge on any atom is -0.476 e. The van der Waals surface area contributed by atoms with Crippen LogP contribution in [-0.4, -0.2) is 65.5 Å². The van der Waals surface area contributed by atoms with Gasteiger partial charge in [0.1, 0.15) is 24.5 Å². The maximum Gasteiger partial charge on any atom is 0.269 e. The Labute approximate surface area is 254 Å². The molecule has 5 rings (SSSR count). The average Bonchev–Trinajstić information content (AvgIpc) is 3.54. The predicted octanol–water partition coefficient (Wildman–Crippen LogP) is 2.80. The number of fused-ring (bicyclic) bond motifs is 1. The highest BCUT2D eigenvalue weighted by atomic mass is 35.5. The Morgan fingerprint density at radius 1 is 1.09 bits per heavy atom. The maximum absolute atomic E-state index is 15.4. The Hall–Kier alpha value is -4.60. The van der Waals surface area contributed by atoms with Crippen LogP contribution in [0.5, 0.6) is 5.75 Å². The molecule has 0 bridgehead atoms. The second-order valence-corrected chi connectivity index (χ2v) is 12.0. The Balaban J connectivity index is 1.39. The largest absolute Gasteiger partial charge is 0.476 e. The summed E-state index contributed by atoms with van der Waals surface area (Å²) in [6.07, 6.45) is -1.87. The van der Waals surface area contributed by atoms with Crippen molar-refractivity contribution in [2.24, 2.45) is 10.9 Å². The minimum atomic E-state index is -3.97. The van der Waals surface area contributed by atoms with Crippen molar-refractivity contribution in [1.82, 2.24) is 14.7 Å². The normalized spacial score (nSPS) is 16.7. The van der Waals surface area contributed by atoms with Gasteiger partial charge in [-0.25, -0.2) is 22.3 Å². The lowest BCUT2D eigenvalue weighted by Crippen LogP contribution is -2.44. The molecule has 44 heavy (non-hydrogen) atoms. The van der Waals surface area contributed by atoms with Crippen LogP contribution in [0.15, 0.2) is 60.7 Å². The molecule has 4 aromatic rings. The van der Waals surface area contributed by atoms with Crippen molar-refractivity contribution in [3.63, 3.8) is 0 Å². The summed E-state index contributed by atoms with van der Waals surface area (Å²) in [7, 11) is -3.97. The average molecular weight is 647 g/mol. The number of nitrogens with two attached hydrogens (primary N) is 2. The number of nitrogens with zero attached hydrogens (tertiary/aromatic N) is 3. The number of sulfonamides is 1. The number of amides is 3. The van der Waals surface area contributed by atoms with E-state index in [9.17, 15) is 27.2 Å². The van der Waals surface area contributed by atoms with Gasteiger partial charge in [0, 0.05) is 34.0 Å². The number of primary amides is 1. The first kappa shape index (κ1) is 30.8. The van der Waals surface area contributed by atoms with Gasteiger partial charge in [0.15, 0.2) is 11.5 Å². The number of hydrogen-bond donors (Lipinski definition) is 3. The van der Waals surface area contributed by atoms with Crippen LogP contribution in [0.4, 0.5) is 14.5 Å². The van der Waals surface area contributed by atoms with Crippen molar-refractivity contribution < 1.29 is 36.3 Å². The van der Waals surface area contributed by atoms with Gasteiger partial charge in [-0.2, -0.15) is 5.10 Å². The fraction of sp³-hybridized carbons (Fsp3) is 0.214. The smallest absolute Gasteiger partial charge is 0.269 e. The van der Waals surface area contributed by atoms with Crippen molar-refractivity contribution >= 4 is 55.9 Å². The summed E-state index contributed by atoms with van der Waals surface area (Å²) >= 11 is 6.22. The van der Waals surface area contributed by atoms with Crippen LogP contribution in [0.25, 0.3) is 22.0 Å². The maximum atomic E-state index is 15.4. The SMILES string of the molecule is NC(=O)c1nn(CC(=O)N2C[C@H](F)C[C@H]2C(=O)Nc2cccc(-c3ccccc3Cl)c2F)c2cc(OCS(N)(=O)=O)ccc12. The molecule has 0 radical (unpaired) electrons. The zero-order valence-corrected chi connectivity index (χ0v) is 24.3. The molecule has 2 atom stereocenters. The minimum absolute atomic E-state index is 0.0411. The number of benzene rings is 3. The Kier molecular flexibility index (Phi) is 8.54. The summed E-state index contributed by atoms with van der Waals surface area (Å²) in [5.74, 6) is -3.99. The van der Waals surface area contributed by atoms with E-state index >= 15 is 4.39 Å². The van der Waals surface area contributed by atoms with Crippen LogP contribution < -0.4 is 20.9 Å². The highest BCUT2D eigenvalue weighted by Gasteiger charge is 2.40. The zero-order valence-electron chi connectivity index (χ0n) is 22.7. The van der Waals surface area contributed by atoms with E-state index in [0.29, 0.717) is 10.6 Å². The molecular weight excluding hydrogens is 622 g/mol. The molecule has 1 saturated heterocycles. The highest BCUT2D eigenvalue weighted by molar-refractivity contribution is 7.88. The van der Waals surface area contributed by atoms with Gasteiger partial charge in [-0.3, -0.25) is 19.1 Å². The van der Waals surface area contributed by atoms with Crippen molar-refractivity contribution in [3.05, 3.63) is 77.2 Å². The topological polar surface area (TPSA) is 180 Å². The summed E-state index contributed by atoms with van der Waals surface area (Å²) in [5.41, 5.74) is 5.80. The number of carbonyl (C=O) groups is 3. The second kappa shape index (κ2) is 12.2. The summed E-state index contributed by atoms with van der Waals surface area (Å²) < 4.78 is 58.9. The van der Waals surface area contributed by atoms with Crippen molar-refractivity contribution in [2.75, 3.05) is 17.8 Å². The Bertz CT molecular complexity index is 1900. The summed E-state index contributed by atoms with van der Waals surface area (Å²) in [6.45, 7) is -0.959. The molecule has 1 aliphatic heterocycles. The number of likely N-dealkylation sites (tertiary alicyclic amines) is 1. The lowest BCUT2D eigenvalue weighted by molar-refractivity contribution is -0.137. The first-order valence-electron chi connectivity index (χ1n) is 13.0. The van der Waals surface area contributed by atoms with E-state index < -0.39 is 64.8 Å². The molecule has 1 aliphatic rings. The molecule has 3 amide bonds. The van der Waals surface area contributed by atoms with Crippen molar-refractivity contribution in [3.8, 4) is 16.9 Å². The summed E-state index contributed by atoms with van der Waals surface area (Å²) in [5, 5.41) is 12.1. The quantitative estimate of drug-likeness (QED) is 0.250. The number of halogens is 3. The molecule has 1 aromatic heterocycles. The highest BCUT2D eigenvalue weighted by Crippen LogP contribution is 2.33. The van der Waals surface area contributed by atoms with Crippen LogP contribution in [0.3, 0.4) is 0 Å². The molecule has 5 N–H and O–H groups in total.